The molecule has 0 aliphatic heterocycles. The van der Waals surface area contributed by atoms with Crippen molar-refractivity contribution < 1.29 is 8.42 Å². The Labute approximate surface area is 113 Å². The highest BCUT2D eigenvalue weighted by molar-refractivity contribution is 7.89. The van der Waals surface area contributed by atoms with Crippen LogP contribution >= 0.6 is 0 Å². The molecular weight excluding hydrogens is 260 g/mol. The monoisotopic (exact) mass is 278 g/mol. The van der Waals surface area contributed by atoms with Crippen molar-refractivity contribution in [1.29, 1.82) is 0 Å². The number of nitrogens with one attached hydrogen (secondary N) is 1. The maximum atomic E-state index is 12.3. The minimum Gasteiger partial charge on any atom is -0.327 e. The summed E-state index contributed by atoms with van der Waals surface area (Å²) in [7, 11) is -3.52. The fourth-order valence-corrected chi connectivity index (χ4v) is 3.19. The van der Waals surface area contributed by atoms with Crippen molar-refractivity contribution in [2.75, 3.05) is 6.54 Å². The smallest absolute Gasteiger partial charge is 0.241 e. The van der Waals surface area contributed by atoms with Crippen LogP contribution in [0, 0.1) is 0 Å². The van der Waals surface area contributed by atoms with Crippen LogP contribution in [-0.4, -0.2) is 21.0 Å². The third-order valence-electron chi connectivity index (χ3n) is 3.10. The molecule has 5 heteroatoms. The van der Waals surface area contributed by atoms with Crippen LogP contribution in [0.25, 0.3) is 10.8 Å². The minimum atomic E-state index is -3.52. The van der Waals surface area contributed by atoms with E-state index in [0.717, 1.165) is 17.2 Å². The van der Waals surface area contributed by atoms with Gasteiger partial charge in [0.05, 0.1) is 4.90 Å². The van der Waals surface area contributed by atoms with Gasteiger partial charge in [-0.3, -0.25) is 0 Å². The van der Waals surface area contributed by atoms with E-state index in [9.17, 15) is 8.42 Å². The quantitative estimate of drug-likeness (QED) is 0.876. The van der Waals surface area contributed by atoms with Gasteiger partial charge in [0.15, 0.2) is 0 Å². The molecule has 0 aliphatic carbocycles. The Morgan fingerprint density at radius 3 is 2.58 bits per heavy atom. The van der Waals surface area contributed by atoms with E-state index in [4.69, 9.17) is 5.73 Å². The van der Waals surface area contributed by atoms with Crippen molar-refractivity contribution in [3.05, 3.63) is 42.5 Å². The highest BCUT2D eigenvalue weighted by atomic mass is 32.2. The van der Waals surface area contributed by atoms with Gasteiger partial charge in [0, 0.05) is 18.0 Å². The fourth-order valence-electron chi connectivity index (χ4n) is 1.87. The van der Waals surface area contributed by atoms with Gasteiger partial charge in [-0.25, -0.2) is 13.1 Å². The van der Waals surface area contributed by atoms with Crippen molar-refractivity contribution in [3.63, 3.8) is 0 Å². The predicted octanol–water partition coefficient (Wildman–Crippen LogP) is 1.86. The number of benzene rings is 2. The van der Waals surface area contributed by atoms with E-state index >= 15 is 0 Å². The lowest BCUT2D eigenvalue weighted by Crippen LogP contribution is -2.36. The molecule has 4 nitrogen and oxygen atoms in total. The van der Waals surface area contributed by atoms with Crippen LogP contribution in [-0.2, 0) is 10.0 Å². The Bertz CT molecular complexity index is 663. The second-order valence-electron chi connectivity index (χ2n) is 4.50. The molecule has 2 rings (SSSR count). The summed E-state index contributed by atoms with van der Waals surface area (Å²) in [5.41, 5.74) is 5.74. The van der Waals surface area contributed by atoms with E-state index in [1.165, 1.54) is 0 Å². The molecular formula is C14H18N2O2S. The molecule has 2 aromatic carbocycles. The zero-order valence-electron chi connectivity index (χ0n) is 10.8. The van der Waals surface area contributed by atoms with Gasteiger partial charge in [-0.1, -0.05) is 43.3 Å². The standard InChI is InChI=1S/C14H18N2O2S/c1-2-12(15)10-16-19(17,18)14-9-5-7-11-6-3-4-8-13(11)14/h3-9,12,16H,2,10,15H2,1H3. The number of hydrogen-bond donors (Lipinski definition) is 2. The molecule has 2 aromatic rings. The molecule has 19 heavy (non-hydrogen) atoms. The van der Waals surface area contributed by atoms with E-state index in [0.29, 0.717) is 4.90 Å². The number of hydrogen-bond acceptors (Lipinski definition) is 3. The molecule has 1 unspecified atom stereocenters. The molecule has 0 fully saturated rings. The molecule has 0 amide bonds. The van der Waals surface area contributed by atoms with Crippen LogP contribution in [0.4, 0.5) is 0 Å². The van der Waals surface area contributed by atoms with Gasteiger partial charge < -0.3 is 5.73 Å². The molecule has 0 aromatic heterocycles. The third-order valence-corrected chi connectivity index (χ3v) is 4.58. The second-order valence-corrected chi connectivity index (χ2v) is 6.23. The number of nitrogens with two attached hydrogens (primary N) is 1. The van der Waals surface area contributed by atoms with Crippen molar-refractivity contribution in [1.82, 2.24) is 4.72 Å². The lowest BCUT2D eigenvalue weighted by Gasteiger charge is -2.12. The molecule has 0 spiro atoms. The van der Waals surface area contributed by atoms with Gasteiger partial charge in [0.1, 0.15) is 0 Å². The average Bonchev–Trinajstić information content (AvgIpc) is 2.44. The first-order chi connectivity index (χ1) is 9.04. The molecule has 1 atom stereocenters. The van der Waals surface area contributed by atoms with E-state index < -0.39 is 10.0 Å². The predicted molar refractivity (Wildman–Crippen MR) is 77.4 cm³/mol. The van der Waals surface area contributed by atoms with Crippen molar-refractivity contribution in [3.8, 4) is 0 Å². The first-order valence-electron chi connectivity index (χ1n) is 6.27. The first-order valence-corrected chi connectivity index (χ1v) is 7.76. The SMILES string of the molecule is CCC(N)CNS(=O)(=O)c1cccc2ccccc12. The largest absolute Gasteiger partial charge is 0.327 e. The summed E-state index contributed by atoms with van der Waals surface area (Å²) in [5, 5.41) is 1.63. The maximum absolute atomic E-state index is 12.3. The maximum Gasteiger partial charge on any atom is 0.241 e. The van der Waals surface area contributed by atoms with Crippen molar-refractivity contribution in [2.45, 2.75) is 24.3 Å². The van der Waals surface area contributed by atoms with Gasteiger partial charge >= 0.3 is 0 Å². The van der Waals surface area contributed by atoms with Gasteiger partial charge in [0.25, 0.3) is 0 Å². The normalized spacial score (nSPS) is 13.6. The van der Waals surface area contributed by atoms with E-state index in [-0.39, 0.29) is 12.6 Å². The molecule has 0 saturated carbocycles. The van der Waals surface area contributed by atoms with E-state index in [1.54, 1.807) is 12.1 Å². The number of fused-ring (bicyclic) bond motifs is 1. The van der Waals surface area contributed by atoms with Crippen LogP contribution in [0.15, 0.2) is 47.4 Å². The Hall–Kier alpha value is -1.43. The van der Waals surface area contributed by atoms with Crippen molar-refractivity contribution in [2.24, 2.45) is 5.73 Å². The highest BCUT2D eigenvalue weighted by Gasteiger charge is 2.17. The molecule has 0 bridgehead atoms. The number of rotatable bonds is 5. The second kappa shape index (κ2) is 5.69. The molecule has 102 valence electrons. The minimum absolute atomic E-state index is 0.162. The van der Waals surface area contributed by atoms with Gasteiger partial charge in [-0.15, -0.1) is 0 Å². The molecule has 0 heterocycles. The van der Waals surface area contributed by atoms with Crippen LogP contribution in [0.3, 0.4) is 0 Å². The van der Waals surface area contributed by atoms with Gasteiger partial charge in [0.2, 0.25) is 10.0 Å². The summed E-state index contributed by atoms with van der Waals surface area (Å²) < 4.78 is 27.2. The first kappa shape index (κ1) is 14.0. The molecule has 3 N–H and O–H groups in total. The van der Waals surface area contributed by atoms with Gasteiger partial charge in [-0.2, -0.15) is 0 Å². The lowest BCUT2D eigenvalue weighted by atomic mass is 10.1. The Balaban J connectivity index is 2.38. The highest BCUT2D eigenvalue weighted by Crippen LogP contribution is 2.22. The summed E-state index contributed by atoms with van der Waals surface area (Å²) in [6.45, 7) is 2.18. The summed E-state index contributed by atoms with van der Waals surface area (Å²) in [4.78, 5) is 0.300. The molecule has 0 radical (unpaired) electrons. The van der Waals surface area contributed by atoms with Crippen molar-refractivity contribution >= 4 is 20.8 Å². The van der Waals surface area contributed by atoms with Crippen LogP contribution in [0.1, 0.15) is 13.3 Å². The molecule has 0 saturated heterocycles. The fraction of sp³-hybridized carbons (Fsp3) is 0.286. The third kappa shape index (κ3) is 3.12. The zero-order valence-corrected chi connectivity index (χ0v) is 11.7. The summed E-state index contributed by atoms with van der Waals surface area (Å²) in [5.74, 6) is 0. The number of sulfonamides is 1. The average molecular weight is 278 g/mol. The van der Waals surface area contributed by atoms with Crippen LogP contribution in [0.5, 0.6) is 0 Å². The topological polar surface area (TPSA) is 72.2 Å². The Kier molecular flexibility index (Phi) is 4.19. The summed E-state index contributed by atoms with van der Waals surface area (Å²) in [6, 6.07) is 12.5. The lowest BCUT2D eigenvalue weighted by molar-refractivity contribution is 0.564. The van der Waals surface area contributed by atoms with Crippen LogP contribution < -0.4 is 10.5 Å². The van der Waals surface area contributed by atoms with E-state index in [2.05, 4.69) is 4.72 Å². The Morgan fingerprint density at radius 2 is 1.84 bits per heavy atom. The summed E-state index contributed by atoms with van der Waals surface area (Å²) in [6.07, 6.45) is 0.734. The zero-order chi connectivity index (χ0) is 13.9. The van der Waals surface area contributed by atoms with E-state index in [1.807, 2.05) is 37.3 Å². The Morgan fingerprint density at radius 1 is 1.16 bits per heavy atom. The van der Waals surface area contributed by atoms with Gasteiger partial charge in [-0.05, 0) is 17.9 Å². The molecule has 0 aliphatic rings. The summed E-state index contributed by atoms with van der Waals surface area (Å²) >= 11 is 0. The van der Waals surface area contributed by atoms with Crippen LogP contribution in [0.2, 0.25) is 0 Å².